The molecule has 0 spiro atoms. The predicted octanol–water partition coefficient (Wildman–Crippen LogP) is 15.1. The van der Waals surface area contributed by atoms with Crippen LogP contribution in [-0.2, 0) is 113 Å². The number of aromatic amines is 2. The van der Waals surface area contributed by atoms with Gasteiger partial charge in [0.2, 0.25) is 35.4 Å². The summed E-state index contributed by atoms with van der Waals surface area (Å²) in [6.07, 6.45) is 12.1. The molecule has 8 atom stereocenters. The molecule has 33 nitrogen and oxygen atoms in total. The van der Waals surface area contributed by atoms with Crippen LogP contribution in [0.1, 0.15) is 216 Å². The van der Waals surface area contributed by atoms with Gasteiger partial charge in [-0.15, -0.1) is 10.2 Å². The molecule has 2 aliphatic rings. The highest BCUT2D eigenvalue weighted by atomic mass is 16.5. The van der Waals surface area contributed by atoms with E-state index in [-0.39, 0.29) is 186 Å². The van der Waals surface area contributed by atoms with E-state index in [0.29, 0.717) is 130 Å². The fourth-order valence-corrected chi connectivity index (χ4v) is 19.7. The van der Waals surface area contributed by atoms with E-state index in [1.165, 1.54) is 0 Å². The molecule has 2 aliphatic heterocycles. The molecular formula is C113H140N18O15. The van der Waals surface area contributed by atoms with E-state index in [0.717, 1.165) is 97.7 Å². The topological polar surface area (TPSA) is 542 Å². The molecule has 0 radical (unpaired) electrons. The van der Waals surface area contributed by atoms with Crippen molar-refractivity contribution in [3.8, 4) is 45.0 Å². The van der Waals surface area contributed by atoms with Gasteiger partial charge in [-0.2, -0.15) is 0 Å². The third kappa shape index (κ3) is 30.5. The second-order valence-electron chi connectivity index (χ2n) is 39.2. The van der Waals surface area contributed by atoms with Crippen LogP contribution in [0.15, 0.2) is 182 Å². The van der Waals surface area contributed by atoms with Crippen LogP contribution >= 0.6 is 0 Å². The highest BCUT2D eigenvalue weighted by Crippen LogP contribution is 2.45. The molecule has 7 aromatic carbocycles. The fraction of sp³-hybridized carbons (Fsp3) is 0.434. The molecule has 146 heavy (non-hydrogen) atoms. The van der Waals surface area contributed by atoms with E-state index >= 15 is 0 Å². The maximum absolute atomic E-state index is 14.4. The number of aromatic nitrogens is 8. The van der Waals surface area contributed by atoms with Crippen molar-refractivity contribution in [2.24, 2.45) is 87.7 Å². The number of fused-ring (bicyclic) bond motifs is 12. The maximum atomic E-state index is 14.4. The molecule has 8 unspecified atom stereocenters. The van der Waals surface area contributed by atoms with Crippen molar-refractivity contribution >= 4 is 121 Å². The first-order valence-corrected chi connectivity index (χ1v) is 51.3. The predicted molar refractivity (Wildman–Crippen MR) is 562 cm³/mol. The number of H-pyrrole nitrogens is 2. The number of Topliss-reactive ketones (excluding diaryl/α,β-unsaturated/α-hetero) is 7. The van der Waals surface area contributed by atoms with Gasteiger partial charge in [0.1, 0.15) is 51.9 Å². The van der Waals surface area contributed by atoms with E-state index in [2.05, 4.69) is 35.9 Å². The number of para-hydroxylation sites is 4. The average Bonchev–Trinajstić information content (AvgIpc) is 1.56. The molecular weight excluding hydrogens is 1850 g/mol. The number of urea groups is 1. The Morgan fingerprint density at radius 1 is 0.404 bits per heavy atom. The molecule has 0 saturated carbocycles. The number of carbonyl (C=O) groups excluding carboxylic acids is 14. The number of nitrogens with two attached hydrogens (primary N) is 7. The number of nitrogens with one attached hydrogen (secondary N) is 3. The second kappa shape index (κ2) is 54.4. The number of rotatable bonds is 59. The molecule has 17 N–H and O–H groups in total. The number of aryl methyl sites for hydroxylation is 2. The summed E-state index contributed by atoms with van der Waals surface area (Å²) in [5.41, 5.74) is 53.9. The van der Waals surface area contributed by atoms with Gasteiger partial charge in [0.25, 0.3) is 0 Å². The number of benzene rings is 7. The van der Waals surface area contributed by atoms with E-state index in [4.69, 9.17) is 44.9 Å². The van der Waals surface area contributed by atoms with Gasteiger partial charge in [-0.25, -0.2) is 14.2 Å². The number of ether oxygens (including phenoxy) is 1. The lowest BCUT2D eigenvalue weighted by atomic mass is 9.79. The highest BCUT2D eigenvalue weighted by molar-refractivity contribution is 6.04. The van der Waals surface area contributed by atoms with E-state index in [1.54, 1.807) is 38.7 Å². The standard InChI is InChI=1S/C61H74N10O8.C52H66N8O7/c1-37(2)38(3)53(73)32-40(15-12-27-66-61(65)79)54(74)34-43(29-39-21-23-46(62)24-22-39)55(75)33-41(59(63)77)13-10-11-28-71-58-50-18-7-9-20-52(50)70(36-42-14-4-5-17-49(42)57(58)68-69-71)56(76)26-25-47(72)31-44(60(64)78)30-45-35-67-51-19-8-6-16-48(45)51;1-2-35(14-9-11-26-53)47(63)22-13-28-67-29-25-41(62)31-36(51(54)65)15-10-12-27-60-50-44-19-6-8-21-46(44)59(34-37-16-3-4-18-43(37)49(50)57-58-60)48(64)24-23-40(61)32-38(52(55)66)30-39-33-56-45-20-7-5-17-42(39)45/h4-9,14,16-24,35,37-38,40-41,43-44,67H,10-13,15,25-34,36,62H2,1-3H3,(H2,63,77)(H2,64,78)(H3,65,66,79);3-8,16-21,33,35-36,38,56H,2,9-15,22-32,34,53H2,1H3,(H2,54,65)(H2,55,66). The van der Waals surface area contributed by atoms with Crippen LogP contribution in [0.3, 0.4) is 0 Å². The summed E-state index contributed by atoms with van der Waals surface area (Å²) in [5, 5.41) is 23.0. The van der Waals surface area contributed by atoms with Crippen LogP contribution in [0.25, 0.3) is 66.8 Å². The van der Waals surface area contributed by atoms with Gasteiger partial charge >= 0.3 is 6.03 Å². The summed E-state index contributed by atoms with van der Waals surface area (Å²) in [4.78, 5) is 195. The molecule has 0 fully saturated rings. The summed E-state index contributed by atoms with van der Waals surface area (Å²) >= 11 is 0. The van der Waals surface area contributed by atoms with E-state index in [1.807, 2.05) is 190 Å². The zero-order valence-corrected chi connectivity index (χ0v) is 84.2. The Hall–Kier alpha value is -14.6. The molecule has 0 bridgehead atoms. The van der Waals surface area contributed by atoms with Gasteiger partial charge in [0, 0.05) is 213 Å². The number of amides is 8. The van der Waals surface area contributed by atoms with E-state index in [9.17, 15) is 67.1 Å². The third-order valence-electron chi connectivity index (χ3n) is 28.5. The smallest absolute Gasteiger partial charge is 0.312 e. The van der Waals surface area contributed by atoms with Crippen LogP contribution in [-0.4, -0.2) is 148 Å². The quantitative estimate of drug-likeness (QED) is 0.0125. The largest absolute Gasteiger partial charge is 0.399 e. The van der Waals surface area contributed by atoms with Gasteiger partial charge in [-0.1, -0.05) is 191 Å². The lowest BCUT2D eigenvalue weighted by molar-refractivity contribution is -0.134. The first kappa shape index (κ1) is 110. The fourth-order valence-electron chi connectivity index (χ4n) is 19.7. The normalized spacial score (nSPS) is 13.7. The van der Waals surface area contributed by atoms with Gasteiger partial charge < -0.3 is 70.0 Å². The van der Waals surface area contributed by atoms with Crippen LogP contribution < -0.4 is 55.3 Å². The Balaban J connectivity index is 0.000000263. The average molecular weight is 1990 g/mol. The molecule has 33 heteroatoms. The molecule has 4 aromatic heterocycles. The second-order valence-corrected chi connectivity index (χ2v) is 39.2. The molecule has 8 amide bonds. The minimum Gasteiger partial charge on any atom is -0.399 e. The number of anilines is 3. The van der Waals surface area contributed by atoms with Gasteiger partial charge in [0.15, 0.2) is 0 Å². The van der Waals surface area contributed by atoms with Crippen molar-refractivity contribution in [2.45, 2.75) is 234 Å². The molecule has 6 heterocycles. The summed E-state index contributed by atoms with van der Waals surface area (Å²) in [6, 6.07) is 52.2. The lowest BCUT2D eigenvalue weighted by Gasteiger charge is -2.29. The number of unbranched alkanes of at least 4 members (excludes halogenated alkanes) is 3. The number of carbonyl (C=O) groups is 14. The van der Waals surface area contributed by atoms with Gasteiger partial charge in [-0.3, -0.25) is 62.3 Å². The molecule has 11 aromatic rings. The van der Waals surface area contributed by atoms with Gasteiger partial charge in [-0.05, 0) is 160 Å². The minimum absolute atomic E-state index is 0.00271. The Labute approximate surface area is 851 Å². The van der Waals surface area contributed by atoms with Crippen LogP contribution in [0.2, 0.25) is 0 Å². The SMILES string of the molecule is CC(C)C(C)C(=O)CC(CCCNC(N)=O)C(=O)CC(Cc1ccc(N)cc1)C(=O)CC(CCCCn1nnc2c1-c1ccccc1N(C(=O)CCC(=O)CC(Cc1c[nH]c3ccccc13)C(N)=O)Cc1ccccc1-2)C(N)=O.CCC(CCCCN)C(=O)CCCOCCC(=O)CC(CCCCn1nnc2c1-c1ccccc1N(C(=O)CCC(=O)CC(Cc1c[nH]c3ccccc13)C(N)=O)Cc1ccccc1-2)C(N)=O. The Morgan fingerprint density at radius 3 is 1.32 bits per heavy atom. The van der Waals surface area contributed by atoms with Gasteiger partial charge in [0.05, 0.1) is 42.5 Å². The monoisotopic (exact) mass is 1990 g/mol. The summed E-state index contributed by atoms with van der Waals surface area (Å²) in [5.74, 6) is -8.31. The van der Waals surface area contributed by atoms with Crippen molar-refractivity contribution in [1.29, 1.82) is 0 Å². The molecule has 0 saturated heterocycles. The summed E-state index contributed by atoms with van der Waals surface area (Å²) in [7, 11) is 0. The van der Waals surface area contributed by atoms with Crippen molar-refractivity contribution in [3.63, 3.8) is 0 Å². The number of hydrogen-bond donors (Lipinski definition) is 10. The van der Waals surface area contributed by atoms with Crippen LogP contribution in [0.4, 0.5) is 21.9 Å². The van der Waals surface area contributed by atoms with Crippen molar-refractivity contribution < 1.29 is 71.9 Å². The van der Waals surface area contributed by atoms with E-state index < -0.39 is 65.2 Å². The zero-order valence-electron chi connectivity index (χ0n) is 84.2. The summed E-state index contributed by atoms with van der Waals surface area (Å²) < 4.78 is 9.27. The van der Waals surface area contributed by atoms with Crippen molar-refractivity contribution in [2.75, 3.05) is 41.8 Å². The highest BCUT2D eigenvalue weighted by Gasteiger charge is 2.37. The van der Waals surface area contributed by atoms with Crippen LogP contribution in [0.5, 0.6) is 0 Å². The number of hydrogen-bond acceptors (Lipinski definition) is 21. The number of ketones is 7. The lowest BCUT2D eigenvalue weighted by Crippen LogP contribution is -2.32. The van der Waals surface area contributed by atoms with Crippen molar-refractivity contribution in [1.82, 2.24) is 45.3 Å². The zero-order chi connectivity index (χ0) is 104. The molecule has 772 valence electrons. The first-order valence-electron chi connectivity index (χ1n) is 51.3. The Bertz CT molecular complexity index is 6410. The maximum Gasteiger partial charge on any atom is 0.312 e. The van der Waals surface area contributed by atoms with Crippen LogP contribution in [0, 0.1) is 53.3 Å². The number of nitrogens with zero attached hydrogens (tertiary/aromatic N) is 8. The minimum atomic E-state index is -0.836. The Kier molecular flexibility index (Phi) is 41.0. The number of primary amides is 5. The summed E-state index contributed by atoms with van der Waals surface area (Å²) in [6.45, 7) is 10.5. The third-order valence-corrected chi connectivity index (χ3v) is 28.5. The number of nitrogen functional groups attached to an aromatic ring is 1. The molecule has 0 aliphatic carbocycles. The first-order chi connectivity index (χ1) is 70.4. The van der Waals surface area contributed by atoms with Crippen molar-refractivity contribution in [3.05, 3.63) is 210 Å². The Morgan fingerprint density at radius 2 is 0.829 bits per heavy atom. The molecule has 13 rings (SSSR count).